The van der Waals surface area contributed by atoms with E-state index in [2.05, 4.69) is 20.2 Å². The third-order valence-corrected chi connectivity index (χ3v) is 5.72. The predicted octanol–water partition coefficient (Wildman–Crippen LogP) is 4.63. The van der Waals surface area contributed by atoms with E-state index in [-0.39, 0.29) is 11.9 Å². The van der Waals surface area contributed by atoms with Crippen molar-refractivity contribution in [1.29, 1.82) is 0 Å². The largest absolute Gasteiger partial charge is 0.497 e. The van der Waals surface area contributed by atoms with Gasteiger partial charge in [-0.3, -0.25) is 4.79 Å². The summed E-state index contributed by atoms with van der Waals surface area (Å²) in [5.74, 6) is 1.63. The molecule has 1 aliphatic heterocycles. The summed E-state index contributed by atoms with van der Waals surface area (Å²) in [6.45, 7) is 4.05. The molecule has 1 N–H and O–H groups in total. The highest BCUT2D eigenvalue weighted by molar-refractivity contribution is 5.94. The van der Waals surface area contributed by atoms with Gasteiger partial charge in [0.05, 0.1) is 18.8 Å². The number of methoxy groups -OCH3 is 1. The molecule has 160 valence electrons. The molecule has 0 aliphatic carbocycles. The molecule has 0 bridgehead atoms. The number of nitrogens with one attached hydrogen (secondary N) is 1. The van der Waals surface area contributed by atoms with Crippen LogP contribution in [0.25, 0.3) is 11.3 Å². The van der Waals surface area contributed by atoms with E-state index >= 15 is 0 Å². The number of ether oxygens (including phenoxy) is 1. The summed E-state index contributed by atoms with van der Waals surface area (Å²) in [5, 5.41) is 3.05. The van der Waals surface area contributed by atoms with E-state index < -0.39 is 0 Å². The number of benzene rings is 2. The molecule has 6 nitrogen and oxygen atoms in total. The minimum atomic E-state index is -0.128. The Morgan fingerprint density at radius 1 is 1.03 bits per heavy atom. The van der Waals surface area contributed by atoms with Gasteiger partial charge in [-0.2, -0.15) is 0 Å². The fraction of sp³-hybridized carbons (Fsp3) is 0.320. The Hall–Kier alpha value is -3.41. The number of anilines is 1. The number of piperidine rings is 1. The van der Waals surface area contributed by atoms with Gasteiger partial charge in [-0.25, -0.2) is 9.97 Å². The molecule has 1 fully saturated rings. The highest BCUT2D eigenvalue weighted by Gasteiger charge is 2.15. The van der Waals surface area contributed by atoms with Crippen LogP contribution in [-0.4, -0.2) is 36.1 Å². The average molecular weight is 417 g/mol. The van der Waals surface area contributed by atoms with Crippen LogP contribution in [0.15, 0.2) is 60.9 Å². The van der Waals surface area contributed by atoms with Gasteiger partial charge in [0.1, 0.15) is 17.9 Å². The Morgan fingerprint density at radius 3 is 2.55 bits per heavy atom. The van der Waals surface area contributed by atoms with Gasteiger partial charge in [-0.15, -0.1) is 0 Å². The summed E-state index contributed by atoms with van der Waals surface area (Å²) in [7, 11) is 1.64. The van der Waals surface area contributed by atoms with Gasteiger partial charge in [0.2, 0.25) is 0 Å². The number of hydrogen-bond donors (Lipinski definition) is 1. The van der Waals surface area contributed by atoms with Gasteiger partial charge in [-0.1, -0.05) is 24.3 Å². The van der Waals surface area contributed by atoms with Crippen LogP contribution in [-0.2, 0) is 0 Å². The second-order valence-electron chi connectivity index (χ2n) is 7.86. The lowest BCUT2D eigenvalue weighted by Gasteiger charge is -2.27. The van der Waals surface area contributed by atoms with Crippen molar-refractivity contribution in [3.63, 3.8) is 0 Å². The van der Waals surface area contributed by atoms with Gasteiger partial charge in [0.15, 0.2) is 0 Å². The Morgan fingerprint density at radius 2 is 1.81 bits per heavy atom. The molecule has 0 radical (unpaired) electrons. The quantitative estimate of drug-likeness (QED) is 0.634. The van der Waals surface area contributed by atoms with Crippen LogP contribution >= 0.6 is 0 Å². The van der Waals surface area contributed by atoms with Crippen molar-refractivity contribution in [2.45, 2.75) is 32.2 Å². The summed E-state index contributed by atoms with van der Waals surface area (Å²) in [4.78, 5) is 23.9. The van der Waals surface area contributed by atoms with E-state index in [0.717, 1.165) is 41.5 Å². The molecule has 3 aromatic rings. The number of carbonyl (C=O) groups is 1. The number of hydrogen-bond acceptors (Lipinski definition) is 5. The normalized spacial score (nSPS) is 14.7. The van der Waals surface area contributed by atoms with Crippen molar-refractivity contribution in [1.82, 2.24) is 15.3 Å². The zero-order valence-electron chi connectivity index (χ0n) is 18.0. The van der Waals surface area contributed by atoms with Crippen molar-refractivity contribution < 1.29 is 9.53 Å². The van der Waals surface area contributed by atoms with Crippen LogP contribution in [0.3, 0.4) is 0 Å². The van der Waals surface area contributed by atoms with Crippen molar-refractivity contribution in [3.8, 4) is 17.0 Å². The highest BCUT2D eigenvalue weighted by atomic mass is 16.5. The van der Waals surface area contributed by atoms with E-state index in [1.165, 1.54) is 19.3 Å². The third kappa shape index (κ3) is 5.02. The van der Waals surface area contributed by atoms with Crippen LogP contribution in [0.5, 0.6) is 5.75 Å². The Labute approximate surface area is 183 Å². The molecule has 31 heavy (non-hydrogen) atoms. The Bertz CT molecular complexity index is 1030. The molecule has 1 amide bonds. The van der Waals surface area contributed by atoms with Crippen molar-refractivity contribution >= 4 is 11.7 Å². The van der Waals surface area contributed by atoms with E-state index in [0.29, 0.717) is 5.56 Å². The summed E-state index contributed by atoms with van der Waals surface area (Å²) >= 11 is 0. The van der Waals surface area contributed by atoms with Crippen molar-refractivity contribution in [2.24, 2.45) is 0 Å². The molecule has 0 unspecified atom stereocenters. The molecule has 1 aromatic heterocycles. The first-order valence-electron chi connectivity index (χ1n) is 10.8. The minimum absolute atomic E-state index is 0.112. The number of carbonyl (C=O) groups excluding carboxylic acids is 1. The number of rotatable bonds is 6. The van der Waals surface area contributed by atoms with Crippen LogP contribution in [0.4, 0.5) is 5.82 Å². The number of nitrogens with zero attached hydrogens (tertiary/aromatic N) is 3. The minimum Gasteiger partial charge on any atom is -0.497 e. The smallest absolute Gasteiger partial charge is 0.251 e. The maximum absolute atomic E-state index is 12.7. The van der Waals surface area contributed by atoms with Crippen molar-refractivity contribution in [3.05, 3.63) is 72.1 Å². The van der Waals surface area contributed by atoms with Crippen LogP contribution in [0.1, 0.15) is 48.1 Å². The molecular formula is C25H28N4O2. The van der Waals surface area contributed by atoms with E-state index in [1.807, 2.05) is 61.5 Å². The zero-order valence-corrected chi connectivity index (χ0v) is 18.0. The monoisotopic (exact) mass is 416 g/mol. The number of aromatic nitrogens is 2. The summed E-state index contributed by atoms with van der Waals surface area (Å²) in [6.07, 6.45) is 5.32. The molecule has 1 aliphatic rings. The lowest BCUT2D eigenvalue weighted by molar-refractivity contribution is 0.0940. The summed E-state index contributed by atoms with van der Waals surface area (Å²) < 4.78 is 5.27. The average Bonchev–Trinajstić information content (AvgIpc) is 2.84. The molecule has 6 heteroatoms. The maximum atomic E-state index is 12.7. The lowest BCUT2D eigenvalue weighted by atomic mass is 10.1. The van der Waals surface area contributed by atoms with E-state index in [9.17, 15) is 4.79 Å². The SMILES string of the molecule is COc1cccc([C@@H](C)NC(=O)c2ccc(-c3cc(N4CCCCC4)ncn3)cc2)c1. The van der Waals surface area contributed by atoms with Crippen LogP contribution < -0.4 is 15.0 Å². The first kappa shape index (κ1) is 20.8. The fourth-order valence-electron chi connectivity index (χ4n) is 3.87. The molecule has 0 spiro atoms. The Kier molecular flexibility index (Phi) is 6.46. The van der Waals surface area contributed by atoms with Gasteiger partial charge in [-0.05, 0) is 56.0 Å². The first-order valence-corrected chi connectivity index (χ1v) is 10.8. The molecular weight excluding hydrogens is 388 g/mol. The van der Waals surface area contributed by atoms with E-state index in [1.54, 1.807) is 13.4 Å². The zero-order chi connectivity index (χ0) is 21.6. The van der Waals surface area contributed by atoms with Gasteiger partial charge in [0, 0.05) is 30.3 Å². The third-order valence-electron chi connectivity index (χ3n) is 5.72. The first-order chi connectivity index (χ1) is 15.1. The van der Waals surface area contributed by atoms with Crippen LogP contribution in [0, 0.1) is 0 Å². The van der Waals surface area contributed by atoms with Crippen LogP contribution in [0.2, 0.25) is 0 Å². The molecule has 2 aromatic carbocycles. The summed E-state index contributed by atoms with van der Waals surface area (Å²) in [5.41, 5.74) is 3.45. The topological polar surface area (TPSA) is 67.3 Å². The highest BCUT2D eigenvalue weighted by Crippen LogP contribution is 2.24. The maximum Gasteiger partial charge on any atom is 0.251 e. The molecule has 1 atom stereocenters. The van der Waals surface area contributed by atoms with E-state index in [4.69, 9.17) is 4.74 Å². The summed E-state index contributed by atoms with van der Waals surface area (Å²) in [6, 6.07) is 17.2. The van der Waals surface area contributed by atoms with Gasteiger partial charge in [0.25, 0.3) is 5.91 Å². The van der Waals surface area contributed by atoms with Gasteiger partial charge >= 0.3 is 0 Å². The molecule has 4 rings (SSSR count). The van der Waals surface area contributed by atoms with Gasteiger partial charge < -0.3 is 15.0 Å². The number of amides is 1. The second kappa shape index (κ2) is 9.60. The Balaban J connectivity index is 1.44. The standard InChI is InChI=1S/C25H28N4O2/c1-18(21-7-6-8-22(15-21)31-2)28-25(30)20-11-9-19(10-12-20)23-16-24(27-17-26-23)29-13-4-3-5-14-29/h6-12,15-18H,3-5,13-14H2,1-2H3,(H,28,30)/t18-/m1/s1. The molecule has 0 saturated carbocycles. The van der Waals surface area contributed by atoms with Crippen molar-refractivity contribution in [2.75, 3.05) is 25.1 Å². The lowest BCUT2D eigenvalue weighted by Crippen LogP contribution is -2.30. The second-order valence-corrected chi connectivity index (χ2v) is 7.86. The fourth-order valence-corrected chi connectivity index (χ4v) is 3.87. The molecule has 2 heterocycles. The molecule has 1 saturated heterocycles. The predicted molar refractivity (Wildman–Crippen MR) is 122 cm³/mol.